The molecule has 0 bridgehead atoms. The van der Waals surface area contributed by atoms with Crippen LogP contribution in [-0.4, -0.2) is 38.8 Å². The highest BCUT2D eigenvalue weighted by atomic mass is 32.2. The van der Waals surface area contributed by atoms with Gasteiger partial charge in [0.25, 0.3) is 10.0 Å². The number of benzene rings is 1. The van der Waals surface area contributed by atoms with E-state index in [2.05, 4.69) is 5.32 Å². The fraction of sp³-hybridized carbons (Fsp3) is 0.476. The van der Waals surface area contributed by atoms with E-state index in [9.17, 15) is 13.2 Å². The van der Waals surface area contributed by atoms with Gasteiger partial charge in [0.15, 0.2) is 0 Å². The minimum Gasteiger partial charge on any atom is -0.496 e. The van der Waals surface area contributed by atoms with Crippen molar-refractivity contribution in [2.45, 2.75) is 43.9 Å². The Labute approximate surface area is 176 Å². The molecule has 1 aliphatic heterocycles. The largest absolute Gasteiger partial charge is 0.496 e. The summed E-state index contributed by atoms with van der Waals surface area (Å²) in [7, 11) is -1.94. The lowest BCUT2D eigenvalue weighted by atomic mass is 9.97. The van der Waals surface area contributed by atoms with E-state index in [1.54, 1.807) is 13.2 Å². The number of piperidine rings is 1. The Morgan fingerprint density at radius 3 is 2.69 bits per heavy atom. The first-order valence-corrected chi connectivity index (χ1v) is 12.0. The van der Waals surface area contributed by atoms with Crippen molar-refractivity contribution >= 4 is 27.3 Å². The molecule has 8 heteroatoms. The molecule has 3 rings (SSSR count). The first kappa shape index (κ1) is 21.8. The zero-order chi connectivity index (χ0) is 21.2. The van der Waals surface area contributed by atoms with Crippen LogP contribution >= 0.6 is 11.3 Å². The van der Waals surface area contributed by atoms with Crippen molar-refractivity contribution in [1.29, 1.82) is 0 Å². The molecule has 1 amide bonds. The van der Waals surface area contributed by atoms with Crippen molar-refractivity contribution < 1.29 is 17.9 Å². The molecular weight excluding hydrogens is 408 g/mol. The fourth-order valence-corrected chi connectivity index (χ4v) is 6.62. The van der Waals surface area contributed by atoms with Gasteiger partial charge in [-0.2, -0.15) is 4.31 Å². The average molecular weight is 437 g/mol. The molecule has 1 N–H and O–H groups in total. The highest BCUT2D eigenvalue weighted by molar-refractivity contribution is 7.91. The van der Waals surface area contributed by atoms with Crippen molar-refractivity contribution in [3.05, 3.63) is 46.3 Å². The summed E-state index contributed by atoms with van der Waals surface area (Å²) in [6, 6.07) is 9.08. The number of rotatable bonds is 6. The maximum atomic E-state index is 12.9. The van der Waals surface area contributed by atoms with E-state index in [0.29, 0.717) is 23.6 Å². The molecule has 1 aromatic heterocycles. The maximum absolute atomic E-state index is 12.9. The summed E-state index contributed by atoms with van der Waals surface area (Å²) in [5, 5.41) is 3.05. The first-order valence-electron chi connectivity index (χ1n) is 9.74. The minimum absolute atomic E-state index is 0.122. The van der Waals surface area contributed by atoms with E-state index >= 15 is 0 Å². The number of nitrogens with one attached hydrogen (secondary N) is 1. The Bertz CT molecular complexity index is 984. The van der Waals surface area contributed by atoms with Crippen LogP contribution in [-0.2, 0) is 14.8 Å². The van der Waals surface area contributed by atoms with E-state index in [1.807, 2.05) is 45.0 Å². The van der Waals surface area contributed by atoms with Crippen LogP contribution in [0.5, 0.6) is 5.75 Å². The van der Waals surface area contributed by atoms with Gasteiger partial charge in [0.05, 0.1) is 19.1 Å². The highest BCUT2D eigenvalue weighted by Gasteiger charge is 2.34. The lowest BCUT2D eigenvalue weighted by Gasteiger charge is -2.31. The second kappa shape index (κ2) is 8.85. The van der Waals surface area contributed by atoms with Crippen LogP contribution in [0, 0.1) is 19.8 Å². The molecule has 2 aromatic rings. The van der Waals surface area contributed by atoms with Gasteiger partial charge in [-0.15, -0.1) is 11.3 Å². The third kappa shape index (κ3) is 4.82. The number of carbonyl (C=O) groups excluding carboxylic acids is 1. The molecule has 0 aliphatic carbocycles. The molecule has 6 nitrogen and oxygen atoms in total. The predicted molar refractivity (Wildman–Crippen MR) is 115 cm³/mol. The van der Waals surface area contributed by atoms with Crippen LogP contribution in [0.3, 0.4) is 0 Å². The summed E-state index contributed by atoms with van der Waals surface area (Å²) in [6.45, 7) is 6.46. The number of amides is 1. The number of aryl methyl sites for hydroxylation is 2. The third-order valence-corrected chi connectivity index (χ3v) is 8.61. The second-order valence-electron chi connectivity index (χ2n) is 7.54. The molecule has 1 aromatic carbocycles. The number of carbonyl (C=O) groups is 1. The molecule has 1 fully saturated rings. The van der Waals surface area contributed by atoms with Gasteiger partial charge in [0, 0.05) is 23.5 Å². The fourth-order valence-electron chi connectivity index (χ4n) is 3.65. The summed E-state index contributed by atoms with van der Waals surface area (Å²) in [4.78, 5) is 13.9. The van der Waals surface area contributed by atoms with Gasteiger partial charge < -0.3 is 10.1 Å². The Kier molecular flexibility index (Phi) is 6.65. The van der Waals surface area contributed by atoms with Crippen LogP contribution in [0.1, 0.15) is 41.8 Å². The molecule has 2 heterocycles. The summed E-state index contributed by atoms with van der Waals surface area (Å²) in [5.74, 6) is 0.241. The Hall–Kier alpha value is -1.90. The van der Waals surface area contributed by atoms with E-state index in [4.69, 9.17) is 4.74 Å². The topological polar surface area (TPSA) is 75.7 Å². The maximum Gasteiger partial charge on any atom is 0.252 e. The Morgan fingerprint density at radius 2 is 2.03 bits per heavy atom. The van der Waals surface area contributed by atoms with Crippen LogP contribution in [0.2, 0.25) is 0 Å². The molecule has 2 atom stereocenters. The molecule has 29 heavy (non-hydrogen) atoms. The van der Waals surface area contributed by atoms with Gasteiger partial charge in [0.2, 0.25) is 5.91 Å². The molecule has 0 spiro atoms. The standard InChI is InChI=1S/C21H28N2O4S2/c1-14-7-9-19(27-4)18(12-14)16(3)22-21(24)17-6-5-11-23(13-17)29(25,26)20-10-8-15(2)28-20/h7-10,12,16-17H,5-6,11,13H2,1-4H3,(H,22,24). The lowest BCUT2D eigenvalue weighted by Crippen LogP contribution is -2.45. The van der Waals surface area contributed by atoms with Crippen LogP contribution in [0.25, 0.3) is 0 Å². The molecule has 1 aliphatic rings. The minimum atomic E-state index is -3.55. The highest BCUT2D eigenvalue weighted by Crippen LogP contribution is 2.30. The zero-order valence-corrected chi connectivity index (χ0v) is 18.9. The molecule has 1 saturated heterocycles. The first-order chi connectivity index (χ1) is 13.7. The monoisotopic (exact) mass is 436 g/mol. The van der Waals surface area contributed by atoms with Crippen LogP contribution in [0.4, 0.5) is 0 Å². The SMILES string of the molecule is COc1ccc(C)cc1C(C)NC(=O)C1CCCN(S(=O)(=O)c2ccc(C)s2)C1. The number of thiophene rings is 1. The number of hydrogen-bond acceptors (Lipinski definition) is 5. The molecule has 0 saturated carbocycles. The summed E-state index contributed by atoms with van der Waals surface area (Å²) >= 11 is 1.27. The van der Waals surface area contributed by atoms with Crippen molar-refractivity contribution in [3.8, 4) is 5.75 Å². The Morgan fingerprint density at radius 1 is 1.28 bits per heavy atom. The molecule has 158 valence electrons. The smallest absolute Gasteiger partial charge is 0.252 e. The van der Waals surface area contributed by atoms with Crippen LogP contribution < -0.4 is 10.1 Å². The number of ether oxygens (including phenoxy) is 1. The Balaban J connectivity index is 1.71. The predicted octanol–water partition coefficient (Wildman–Crippen LogP) is 3.65. The summed E-state index contributed by atoms with van der Waals surface area (Å²) in [6.07, 6.45) is 1.35. The van der Waals surface area contributed by atoms with Crippen molar-refractivity contribution in [3.63, 3.8) is 0 Å². The second-order valence-corrected chi connectivity index (χ2v) is 11.0. The van der Waals surface area contributed by atoms with Gasteiger partial charge >= 0.3 is 0 Å². The van der Waals surface area contributed by atoms with Crippen molar-refractivity contribution in [1.82, 2.24) is 9.62 Å². The van der Waals surface area contributed by atoms with Gasteiger partial charge in [-0.1, -0.05) is 17.7 Å². The third-order valence-electron chi connectivity index (χ3n) is 5.28. The van der Waals surface area contributed by atoms with Crippen molar-refractivity contribution in [2.24, 2.45) is 5.92 Å². The number of sulfonamides is 1. The van der Waals surface area contributed by atoms with E-state index in [-0.39, 0.29) is 24.4 Å². The van der Waals surface area contributed by atoms with Crippen molar-refractivity contribution in [2.75, 3.05) is 20.2 Å². The molecular formula is C21H28N2O4S2. The van der Waals surface area contributed by atoms with E-state index < -0.39 is 10.0 Å². The van der Waals surface area contributed by atoms with Crippen LogP contribution in [0.15, 0.2) is 34.5 Å². The number of hydrogen-bond donors (Lipinski definition) is 1. The molecule has 0 radical (unpaired) electrons. The zero-order valence-electron chi connectivity index (χ0n) is 17.3. The average Bonchev–Trinajstić information content (AvgIpc) is 3.15. The van der Waals surface area contributed by atoms with Gasteiger partial charge in [-0.05, 0) is 51.8 Å². The summed E-state index contributed by atoms with van der Waals surface area (Å²) < 4.78 is 33.1. The quantitative estimate of drug-likeness (QED) is 0.750. The molecule has 2 unspecified atom stereocenters. The lowest BCUT2D eigenvalue weighted by molar-refractivity contribution is -0.126. The van der Waals surface area contributed by atoms with Gasteiger partial charge in [-0.25, -0.2) is 8.42 Å². The van der Waals surface area contributed by atoms with E-state index in [0.717, 1.165) is 21.8 Å². The number of methoxy groups -OCH3 is 1. The van der Waals surface area contributed by atoms with Gasteiger partial charge in [-0.3, -0.25) is 4.79 Å². The van der Waals surface area contributed by atoms with Gasteiger partial charge in [0.1, 0.15) is 9.96 Å². The normalized spacial score (nSPS) is 19.0. The van der Waals surface area contributed by atoms with E-state index in [1.165, 1.54) is 15.6 Å². The summed E-state index contributed by atoms with van der Waals surface area (Å²) in [5.41, 5.74) is 2.00. The number of nitrogens with zero attached hydrogens (tertiary/aromatic N) is 1.